The Labute approximate surface area is 98.9 Å². The number of rotatable bonds is 2. The molecule has 0 aromatic heterocycles. The molecule has 1 atom stereocenters. The molecule has 1 nitrogen and oxygen atoms in total. The molecule has 84 valence electrons. The zero-order valence-corrected chi connectivity index (χ0v) is 10.2. The van der Waals surface area contributed by atoms with Crippen LogP contribution in [0.2, 0.25) is 0 Å². The number of halogens is 1. The SMILES string of the molecule is CC(c1ccccc1)N1CCCCC1.Cl. The lowest BCUT2D eigenvalue weighted by Gasteiger charge is -2.32. The highest BCUT2D eigenvalue weighted by atomic mass is 35.5. The molecule has 1 saturated heterocycles. The van der Waals surface area contributed by atoms with Crippen LogP contribution in [0.4, 0.5) is 0 Å². The second-order valence-corrected chi connectivity index (χ2v) is 4.18. The van der Waals surface area contributed by atoms with Crippen molar-refractivity contribution in [3.05, 3.63) is 35.9 Å². The zero-order valence-electron chi connectivity index (χ0n) is 9.36. The lowest BCUT2D eigenvalue weighted by atomic mass is 10.0. The monoisotopic (exact) mass is 225 g/mol. The van der Waals surface area contributed by atoms with Crippen molar-refractivity contribution >= 4 is 12.4 Å². The van der Waals surface area contributed by atoms with E-state index in [0.717, 1.165) is 0 Å². The highest BCUT2D eigenvalue weighted by molar-refractivity contribution is 5.85. The zero-order chi connectivity index (χ0) is 9.80. The third-order valence-electron chi connectivity index (χ3n) is 3.22. The summed E-state index contributed by atoms with van der Waals surface area (Å²) in [6.45, 7) is 4.87. The van der Waals surface area contributed by atoms with Crippen LogP contribution in [0, 0.1) is 0 Å². The van der Waals surface area contributed by atoms with Gasteiger partial charge < -0.3 is 0 Å². The number of nitrogens with zero attached hydrogens (tertiary/aromatic N) is 1. The number of likely N-dealkylation sites (tertiary alicyclic amines) is 1. The summed E-state index contributed by atoms with van der Waals surface area (Å²) >= 11 is 0. The molecule has 0 saturated carbocycles. The topological polar surface area (TPSA) is 3.24 Å². The first-order valence-electron chi connectivity index (χ1n) is 5.67. The number of benzene rings is 1. The van der Waals surface area contributed by atoms with E-state index in [1.165, 1.54) is 37.9 Å². The van der Waals surface area contributed by atoms with Gasteiger partial charge in [0.25, 0.3) is 0 Å². The van der Waals surface area contributed by atoms with Crippen LogP contribution in [0.15, 0.2) is 30.3 Å². The van der Waals surface area contributed by atoms with Gasteiger partial charge in [-0.05, 0) is 38.4 Å². The standard InChI is InChI=1S/C13H19N.ClH/c1-12(13-8-4-2-5-9-13)14-10-6-3-7-11-14;/h2,4-5,8-9,12H,3,6-7,10-11H2,1H3;1H. The van der Waals surface area contributed by atoms with E-state index in [1.54, 1.807) is 0 Å². The van der Waals surface area contributed by atoms with Gasteiger partial charge in [-0.2, -0.15) is 0 Å². The van der Waals surface area contributed by atoms with Gasteiger partial charge >= 0.3 is 0 Å². The summed E-state index contributed by atoms with van der Waals surface area (Å²) in [5.41, 5.74) is 1.45. The number of piperidine rings is 1. The molecule has 0 aliphatic carbocycles. The second-order valence-electron chi connectivity index (χ2n) is 4.18. The van der Waals surface area contributed by atoms with Crippen LogP contribution in [0.5, 0.6) is 0 Å². The van der Waals surface area contributed by atoms with Crippen LogP contribution >= 0.6 is 12.4 Å². The normalized spacial score (nSPS) is 19.3. The van der Waals surface area contributed by atoms with Gasteiger partial charge in [-0.15, -0.1) is 12.4 Å². The minimum Gasteiger partial charge on any atom is -0.297 e. The Morgan fingerprint density at radius 2 is 1.60 bits per heavy atom. The fourth-order valence-corrected chi connectivity index (χ4v) is 2.25. The van der Waals surface area contributed by atoms with Gasteiger partial charge in [-0.1, -0.05) is 36.8 Å². The van der Waals surface area contributed by atoms with Gasteiger partial charge in [0.05, 0.1) is 0 Å². The fraction of sp³-hybridized carbons (Fsp3) is 0.538. The second kappa shape index (κ2) is 6.14. The van der Waals surface area contributed by atoms with Crippen LogP contribution in [0.3, 0.4) is 0 Å². The number of hydrogen-bond acceptors (Lipinski definition) is 1. The van der Waals surface area contributed by atoms with Gasteiger partial charge in [0.15, 0.2) is 0 Å². The third kappa shape index (κ3) is 3.22. The summed E-state index contributed by atoms with van der Waals surface area (Å²) < 4.78 is 0. The van der Waals surface area contributed by atoms with Crippen molar-refractivity contribution < 1.29 is 0 Å². The van der Waals surface area contributed by atoms with E-state index in [0.29, 0.717) is 6.04 Å². The molecule has 0 radical (unpaired) electrons. The van der Waals surface area contributed by atoms with Crippen molar-refractivity contribution in [1.29, 1.82) is 0 Å². The Balaban J connectivity index is 0.00000112. The molecule has 2 rings (SSSR count). The maximum absolute atomic E-state index is 2.60. The largest absolute Gasteiger partial charge is 0.297 e. The van der Waals surface area contributed by atoms with E-state index < -0.39 is 0 Å². The molecule has 0 amide bonds. The van der Waals surface area contributed by atoms with Crippen LogP contribution in [-0.2, 0) is 0 Å². The lowest BCUT2D eigenvalue weighted by Crippen LogP contribution is -2.32. The molecule has 0 spiro atoms. The maximum Gasteiger partial charge on any atom is 0.0319 e. The Hall–Kier alpha value is -0.530. The van der Waals surface area contributed by atoms with Gasteiger partial charge in [-0.25, -0.2) is 0 Å². The molecule has 15 heavy (non-hydrogen) atoms. The molecule has 1 aromatic rings. The molecule has 1 aromatic carbocycles. The lowest BCUT2D eigenvalue weighted by molar-refractivity contribution is 0.175. The Morgan fingerprint density at radius 3 is 2.20 bits per heavy atom. The van der Waals surface area contributed by atoms with Gasteiger partial charge in [0.2, 0.25) is 0 Å². The summed E-state index contributed by atoms with van der Waals surface area (Å²) in [6.07, 6.45) is 4.16. The molecule has 2 heteroatoms. The van der Waals surface area contributed by atoms with Crippen LogP contribution in [-0.4, -0.2) is 18.0 Å². The minimum atomic E-state index is 0. The molecule has 1 fully saturated rings. The van der Waals surface area contributed by atoms with Crippen molar-refractivity contribution in [1.82, 2.24) is 4.90 Å². The van der Waals surface area contributed by atoms with Gasteiger partial charge in [-0.3, -0.25) is 4.90 Å². The van der Waals surface area contributed by atoms with Crippen LogP contribution in [0.1, 0.15) is 37.8 Å². The molecule has 1 unspecified atom stereocenters. The van der Waals surface area contributed by atoms with E-state index in [9.17, 15) is 0 Å². The van der Waals surface area contributed by atoms with E-state index in [1.807, 2.05) is 0 Å². The molecule has 0 bridgehead atoms. The summed E-state index contributed by atoms with van der Waals surface area (Å²) in [4.78, 5) is 2.60. The molecule has 1 aliphatic rings. The van der Waals surface area contributed by atoms with E-state index >= 15 is 0 Å². The average Bonchev–Trinajstić information content (AvgIpc) is 2.30. The predicted octanol–water partition coefficient (Wildman–Crippen LogP) is 3.66. The average molecular weight is 226 g/mol. The highest BCUT2D eigenvalue weighted by Crippen LogP contribution is 2.23. The third-order valence-corrected chi connectivity index (χ3v) is 3.22. The van der Waals surface area contributed by atoms with E-state index in [4.69, 9.17) is 0 Å². The fourth-order valence-electron chi connectivity index (χ4n) is 2.25. The molecule has 1 heterocycles. The van der Waals surface area contributed by atoms with Gasteiger partial charge in [0.1, 0.15) is 0 Å². The maximum atomic E-state index is 2.60. The summed E-state index contributed by atoms with van der Waals surface area (Å²) in [5.74, 6) is 0. The quantitative estimate of drug-likeness (QED) is 0.743. The predicted molar refractivity (Wildman–Crippen MR) is 67.5 cm³/mol. The van der Waals surface area contributed by atoms with Crippen molar-refractivity contribution in [2.75, 3.05) is 13.1 Å². The van der Waals surface area contributed by atoms with E-state index in [2.05, 4.69) is 42.2 Å². The Bertz CT molecular complexity index is 267. The highest BCUT2D eigenvalue weighted by Gasteiger charge is 2.17. The summed E-state index contributed by atoms with van der Waals surface area (Å²) in [5, 5.41) is 0. The molecular weight excluding hydrogens is 206 g/mol. The minimum absolute atomic E-state index is 0. The van der Waals surface area contributed by atoms with Crippen LogP contribution in [0.25, 0.3) is 0 Å². The summed E-state index contributed by atoms with van der Waals surface area (Å²) in [6, 6.07) is 11.4. The van der Waals surface area contributed by atoms with Crippen molar-refractivity contribution in [3.63, 3.8) is 0 Å². The van der Waals surface area contributed by atoms with Crippen LogP contribution < -0.4 is 0 Å². The first-order chi connectivity index (χ1) is 6.88. The first-order valence-corrected chi connectivity index (χ1v) is 5.67. The number of hydrogen-bond donors (Lipinski definition) is 0. The molecule has 1 aliphatic heterocycles. The Morgan fingerprint density at radius 1 is 1.00 bits per heavy atom. The first kappa shape index (κ1) is 12.5. The van der Waals surface area contributed by atoms with E-state index in [-0.39, 0.29) is 12.4 Å². The molecular formula is C13H20ClN. The van der Waals surface area contributed by atoms with Crippen molar-refractivity contribution in [2.24, 2.45) is 0 Å². The van der Waals surface area contributed by atoms with Gasteiger partial charge in [0, 0.05) is 6.04 Å². The van der Waals surface area contributed by atoms with Crippen molar-refractivity contribution in [2.45, 2.75) is 32.2 Å². The smallest absolute Gasteiger partial charge is 0.0319 e. The molecule has 0 N–H and O–H groups in total. The summed E-state index contributed by atoms with van der Waals surface area (Å²) in [7, 11) is 0. The Kier molecular flexibility index (Phi) is 5.13. The van der Waals surface area contributed by atoms with Crippen molar-refractivity contribution in [3.8, 4) is 0 Å².